The number of hydrogen-bond acceptors (Lipinski definition) is 7. The number of rotatable bonds is 8. The quantitative estimate of drug-likeness (QED) is 0.537. The van der Waals surface area contributed by atoms with Crippen molar-refractivity contribution in [2.24, 2.45) is 5.92 Å². The largest absolute Gasteiger partial charge is 0.490 e. The zero-order valence-electron chi connectivity index (χ0n) is 18.9. The molecule has 0 bridgehead atoms. The van der Waals surface area contributed by atoms with E-state index < -0.39 is 12.1 Å². The van der Waals surface area contributed by atoms with Crippen molar-refractivity contribution < 1.29 is 27.8 Å². The van der Waals surface area contributed by atoms with Gasteiger partial charge < -0.3 is 20.1 Å². The summed E-state index contributed by atoms with van der Waals surface area (Å²) >= 11 is 0. The first-order valence-electron chi connectivity index (χ1n) is 11.1. The minimum atomic E-state index is -5.08. The summed E-state index contributed by atoms with van der Waals surface area (Å²) in [6.07, 6.45) is 0.495. The number of carboxylic acids is 1. The molecule has 2 fully saturated rings. The van der Waals surface area contributed by atoms with Crippen molar-refractivity contribution in [2.45, 2.75) is 44.8 Å². The highest BCUT2D eigenvalue weighted by Crippen LogP contribution is 2.39. The van der Waals surface area contributed by atoms with Crippen LogP contribution in [0.25, 0.3) is 0 Å². The number of nitrogens with one attached hydrogen (secondary N) is 1. The molecule has 4 rings (SSSR count). The Kier molecular flexibility index (Phi) is 8.30. The molecule has 1 atom stereocenters. The van der Waals surface area contributed by atoms with Gasteiger partial charge in [-0.05, 0) is 38.2 Å². The molecular formula is C23H28F3N5O3. The van der Waals surface area contributed by atoms with Crippen LogP contribution in [0.4, 0.5) is 24.8 Å². The summed E-state index contributed by atoms with van der Waals surface area (Å²) in [5.41, 5.74) is 0.932. The van der Waals surface area contributed by atoms with Crippen molar-refractivity contribution in [1.29, 1.82) is 0 Å². The van der Waals surface area contributed by atoms with E-state index in [1.165, 1.54) is 12.8 Å². The van der Waals surface area contributed by atoms with Gasteiger partial charge in [-0.25, -0.2) is 19.7 Å². The smallest absolute Gasteiger partial charge is 0.478 e. The third kappa shape index (κ3) is 7.32. The molecule has 1 saturated carbocycles. The van der Waals surface area contributed by atoms with Crippen molar-refractivity contribution in [3.8, 4) is 5.88 Å². The first-order chi connectivity index (χ1) is 16.2. The summed E-state index contributed by atoms with van der Waals surface area (Å²) in [4.78, 5) is 25.4. The molecule has 8 nitrogen and oxygen atoms in total. The predicted octanol–water partition coefficient (Wildman–Crippen LogP) is 4.41. The molecule has 0 aromatic carbocycles. The molecule has 0 radical (unpaired) electrons. The number of nitrogens with zero attached hydrogens (tertiary/aromatic N) is 4. The number of alkyl halides is 3. The number of halogens is 3. The van der Waals surface area contributed by atoms with Gasteiger partial charge in [0.25, 0.3) is 0 Å². The lowest BCUT2D eigenvalue weighted by Crippen LogP contribution is -2.21. The molecule has 2 aromatic heterocycles. The molecule has 11 heteroatoms. The van der Waals surface area contributed by atoms with E-state index in [9.17, 15) is 13.2 Å². The lowest BCUT2D eigenvalue weighted by Gasteiger charge is -2.19. The average Bonchev–Trinajstić information content (AvgIpc) is 3.54. The summed E-state index contributed by atoms with van der Waals surface area (Å²) in [6.45, 7) is 9.14. The SMILES string of the molecule is C=CC1CCN(c2cc(NCc3cccc(OCC)n3)nc(C3CC3)n2)C1.O=C(O)C(F)(F)F. The van der Waals surface area contributed by atoms with Gasteiger partial charge in [0.15, 0.2) is 0 Å². The Labute approximate surface area is 195 Å². The number of ether oxygens (including phenoxy) is 1. The molecule has 1 aliphatic heterocycles. The molecule has 34 heavy (non-hydrogen) atoms. The Morgan fingerprint density at radius 3 is 2.62 bits per heavy atom. The van der Waals surface area contributed by atoms with E-state index in [4.69, 9.17) is 24.6 Å². The van der Waals surface area contributed by atoms with Crippen LogP contribution in [-0.2, 0) is 11.3 Å². The van der Waals surface area contributed by atoms with Crippen LogP contribution >= 0.6 is 0 Å². The first-order valence-corrected chi connectivity index (χ1v) is 11.1. The van der Waals surface area contributed by atoms with E-state index >= 15 is 0 Å². The van der Waals surface area contributed by atoms with Gasteiger partial charge in [-0.15, -0.1) is 6.58 Å². The highest BCUT2D eigenvalue weighted by Gasteiger charge is 2.38. The second-order valence-corrected chi connectivity index (χ2v) is 8.03. The summed E-state index contributed by atoms with van der Waals surface area (Å²) < 4.78 is 37.2. The van der Waals surface area contributed by atoms with Crippen LogP contribution in [0.2, 0.25) is 0 Å². The van der Waals surface area contributed by atoms with Gasteiger partial charge in [-0.3, -0.25) is 0 Å². The number of pyridine rings is 1. The number of aliphatic carboxylic acids is 1. The third-order valence-electron chi connectivity index (χ3n) is 5.32. The molecule has 2 aliphatic rings. The van der Waals surface area contributed by atoms with Crippen molar-refractivity contribution in [3.63, 3.8) is 0 Å². The van der Waals surface area contributed by atoms with E-state index in [2.05, 4.69) is 33.9 Å². The lowest BCUT2D eigenvalue weighted by molar-refractivity contribution is -0.192. The molecule has 184 valence electrons. The molecule has 1 unspecified atom stereocenters. The fourth-order valence-electron chi connectivity index (χ4n) is 3.38. The molecule has 3 heterocycles. The summed E-state index contributed by atoms with van der Waals surface area (Å²) in [5, 5.41) is 10.6. The molecule has 2 N–H and O–H groups in total. The number of aromatic nitrogens is 3. The normalized spacial score (nSPS) is 17.5. The standard InChI is InChI=1S/C21H27N5O.C2HF3O2/c1-3-15-10-11-26(14-15)19-12-18(24-21(25-19)16-8-9-16)22-13-17-6-5-7-20(23-17)27-4-2;3-2(4,5)1(6)7/h3,5-7,12,15-16H,1,4,8-11,13-14H2,2H3,(H,22,24,25);(H,6,7). The van der Waals surface area contributed by atoms with Crippen LogP contribution in [0.3, 0.4) is 0 Å². The van der Waals surface area contributed by atoms with Crippen LogP contribution in [0.1, 0.15) is 43.6 Å². The van der Waals surface area contributed by atoms with E-state index in [1.54, 1.807) is 0 Å². The molecule has 1 saturated heterocycles. The van der Waals surface area contributed by atoms with E-state index in [-0.39, 0.29) is 0 Å². The average molecular weight is 480 g/mol. The molecular weight excluding hydrogens is 451 g/mol. The maximum atomic E-state index is 10.6. The Morgan fingerprint density at radius 1 is 1.29 bits per heavy atom. The van der Waals surface area contributed by atoms with Crippen LogP contribution in [-0.4, -0.2) is 51.9 Å². The minimum absolute atomic E-state index is 0.516. The summed E-state index contributed by atoms with van der Waals surface area (Å²) in [7, 11) is 0. The van der Waals surface area contributed by atoms with Gasteiger partial charge >= 0.3 is 12.1 Å². The monoisotopic (exact) mass is 479 g/mol. The fraction of sp³-hybridized carbons (Fsp3) is 0.478. The number of hydrogen-bond donors (Lipinski definition) is 2. The third-order valence-corrected chi connectivity index (χ3v) is 5.32. The number of carboxylic acid groups (broad SMARTS) is 1. The van der Waals surface area contributed by atoms with E-state index in [0.717, 1.165) is 42.7 Å². The van der Waals surface area contributed by atoms with Gasteiger partial charge in [-0.1, -0.05) is 12.1 Å². The van der Waals surface area contributed by atoms with Gasteiger partial charge in [0.1, 0.15) is 17.5 Å². The van der Waals surface area contributed by atoms with Crippen LogP contribution in [0, 0.1) is 5.92 Å². The maximum Gasteiger partial charge on any atom is 0.490 e. The van der Waals surface area contributed by atoms with Crippen molar-refractivity contribution in [2.75, 3.05) is 29.9 Å². The highest BCUT2D eigenvalue weighted by atomic mass is 19.4. The molecule has 2 aromatic rings. The van der Waals surface area contributed by atoms with Crippen molar-refractivity contribution >= 4 is 17.6 Å². The van der Waals surface area contributed by atoms with Crippen LogP contribution in [0.15, 0.2) is 36.9 Å². The first kappa shape index (κ1) is 25.3. The fourth-order valence-corrected chi connectivity index (χ4v) is 3.38. The Balaban J connectivity index is 0.000000406. The number of anilines is 2. The van der Waals surface area contributed by atoms with Gasteiger partial charge in [0.05, 0.1) is 18.8 Å². The summed E-state index contributed by atoms with van der Waals surface area (Å²) in [6, 6.07) is 7.90. The van der Waals surface area contributed by atoms with Crippen molar-refractivity contribution in [3.05, 3.63) is 48.4 Å². The molecule has 0 amide bonds. The van der Waals surface area contributed by atoms with E-state index in [1.807, 2.05) is 25.1 Å². The van der Waals surface area contributed by atoms with Gasteiger partial charge in [-0.2, -0.15) is 13.2 Å². The Hall–Kier alpha value is -3.37. The molecule has 0 spiro atoms. The Bertz CT molecular complexity index is 998. The minimum Gasteiger partial charge on any atom is -0.478 e. The second kappa shape index (κ2) is 11.2. The van der Waals surface area contributed by atoms with Gasteiger partial charge in [0.2, 0.25) is 5.88 Å². The maximum absolute atomic E-state index is 10.6. The topological polar surface area (TPSA) is 100 Å². The molecule has 1 aliphatic carbocycles. The zero-order chi connectivity index (χ0) is 24.7. The van der Waals surface area contributed by atoms with Crippen LogP contribution < -0.4 is 15.0 Å². The van der Waals surface area contributed by atoms with E-state index in [0.29, 0.717) is 30.9 Å². The Morgan fingerprint density at radius 2 is 2.03 bits per heavy atom. The van der Waals surface area contributed by atoms with Crippen molar-refractivity contribution in [1.82, 2.24) is 15.0 Å². The lowest BCUT2D eigenvalue weighted by atomic mass is 10.1. The second-order valence-electron chi connectivity index (χ2n) is 8.03. The number of carbonyl (C=O) groups is 1. The van der Waals surface area contributed by atoms with Gasteiger partial charge in [0, 0.05) is 31.1 Å². The highest BCUT2D eigenvalue weighted by molar-refractivity contribution is 5.73. The predicted molar refractivity (Wildman–Crippen MR) is 121 cm³/mol. The van der Waals surface area contributed by atoms with Crippen LogP contribution in [0.5, 0.6) is 5.88 Å². The summed E-state index contributed by atoms with van der Waals surface area (Å²) in [5.74, 6) is 1.82. The zero-order valence-corrected chi connectivity index (χ0v) is 18.9.